The largest absolute Gasteiger partial charge is 0.311 e. The summed E-state index contributed by atoms with van der Waals surface area (Å²) in [5, 5.41) is 4.36. The van der Waals surface area contributed by atoms with Gasteiger partial charge in [0.25, 0.3) is 0 Å². The lowest BCUT2D eigenvalue weighted by Gasteiger charge is -2.37. The van der Waals surface area contributed by atoms with Crippen molar-refractivity contribution in [3.05, 3.63) is 34.9 Å². The van der Waals surface area contributed by atoms with Gasteiger partial charge in [0.2, 0.25) is 0 Å². The second kappa shape index (κ2) is 5.17. The summed E-state index contributed by atoms with van der Waals surface area (Å²) in [7, 11) is 0. The van der Waals surface area contributed by atoms with E-state index in [-0.39, 0.29) is 0 Å². The highest BCUT2D eigenvalue weighted by Crippen LogP contribution is 2.19. The molecule has 2 rings (SSSR count). The zero-order valence-corrected chi connectivity index (χ0v) is 10.7. The van der Waals surface area contributed by atoms with Crippen LogP contribution in [0.4, 0.5) is 0 Å². The first-order chi connectivity index (χ1) is 7.66. The molecule has 0 aliphatic carbocycles. The lowest BCUT2D eigenvalue weighted by Crippen LogP contribution is -2.53. The van der Waals surface area contributed by atoms with Crippen LogP contribution >= 0.6 is 11.6 Å². The minimum atomic E-state index is 0.568. The van der Waals surface area contributed by atoms with Crippen LogP contribution in [0, 0.1) is 0 Å². The molecule has 0 radical (unpaired) electrons. The third-order valence-electron chi connectivity index (χ3n) is 3.22. The van der Waals surface area contributed by atoms with Gasteiger partial charge in [0.1, 0.15) is 0 Å². The molecule has 2 unspecified atom stereocenters. The summed E-state index contributed by atoms with van der Waals surface area (Å²) in [4.78, 5) is 2.49. The minimum absolute atomic E-state index is 0.568. The Labute approximate surface area is 103 Å². The SMILES string of the molecule is CC1CN(Cc2ccccc2Cl)C(C)CN1. The third kappa shape index (κ3) is 2.76. The van der Waals surface area contributed by atoms with E-state index in [1.54, 1.807) is 0 Å². The fourth-order valence-electron chi connectivity index (χ4n) is 2.16. The van der Waals surface area contributed by atoms with Crippen molar-refractivity contribution < 1.29 is 0 Å². The Hall–Kier alpha value is -0.570. The number of hydrogen-bond acceptors (Lipinski definition) is 2. The van der Waals surface area contributed by atoms with E-state index in [1.165, 1.54) is 5.56 Å². The first-order valence-corrected chi connectivity index (χ1v) is 6.25. The van der Waals surface area contributed by atoms with Crippen molar-refractivity contribution >= 4 is 11.6 Å². The molecule has 88 valence electrons. The van der Waals surface area contributed by atoms with E-state index in [1.807, 2.05) is 12.1 Å². The summed E-state index contributed by atoms with van der Waals surface area (Å²) < 4.78 is 0. The van der Waals surface area contributed by atoms with Gasteiger partial charge in [-0.3, -0.25) is 4.90 Å². The average Bonchev–Trinajstić information content (AvgIpc) is 2.27. The molecule has 1 aromatic rings. The van der Waals surface area contributed by atoms with Gasteiger partial charge in [0.05, 0.1) is 0 Å². The fraction of sp³-hybridized carbons (Fsp3) is 0.538. The first-order valence-electron chi connectivity index (χ1n) is 5.87. The highest BCUT2D eigenvalue weighted by Gasteiger charge is 2.22. The Balaban J connectivity index is 2.06. The molecule has 1 aliphatic rings. The topological polar surface area (TPSA) is 15.3 Å². The number of rotatable bonds is 2. The standard InChI is InChI=1S/C13H19ClN2/c1-10-8-16(11(2)7-15-10)9-12-5-3-4-6-13(12)14/h3-6,10-11,15H,7-9H2,1-2H3. The Kier molecular flexibility index (Phi) is 3.85. The Morgan fingerprint density at radius 1 is 1.38 bits per heavy atom. The number of piperazine rings is 1. The average molecular weight is 239 g/mol. The first kappa shape index (κ1) is 11.9. The Morgan fingerprint density at radius 2 is 2.12 bits per heavy atom. The molecule has 0 saturated carbocycles. The molecule has 1 aliphatic heterocycles. The zero-order valence-electron chi connectivity index (χ0n) is 9.91. The maximum atomic E-state index is 6.19. The number of halogens is 1. The van der Waals surface area contributed by atoms with E-state index in [4.69, 9.17) is 11.6 Å². The molecule has 1 aromatic carbocycles. The molecule has 2 atom stereocenters. The molecule has 0 bridgehead atoms. The van der Waals surface area contributed by atoms with E-state index >= 15 is 0 Å². The van der Waals surface area contributed by atoms with E-state index in [0.717, 1.165) is 24.7 Å². The molecule has 1 N–H and O–H groups in total. The number of nitrogens with one attached hydrogen (secondary N) is 1. The maximum Gasteiger partial charge on any atom is 0.0451 e. The molecule has 0 amide bonds. The van der Waals surface area contributed by atoms with Crippen LogP contribution in [0.3, 0.4) is 0 Å². The van der Waals surface area contributed by atoms with Crippen LogP contribution in [0.15, 0.2) is 24.3 Å². The normalized spacial score (nSPS) is 26.9. The molecule has 16 heavy (non-hydrogen) atoms. The van der Waals surface area contributed by atoms with Crippen molar-refractivity contribution in [2.75, 3.05) is 13.1 Å². The molecule has 0 spiro atoms. The number of benzene rings is 1. The molecule has 0 aromatic heterocycles. The van der Waals surface area contributed by atoms with Crippen LogP contribution in [-0.4, -0.2) is 30.1 Å². The summed E-state index contributed by atoms with van der Waals surface area (Å²) in [5.41, 5.74) is 1.23. The van der Waals surface area contributed by atoms with Gasteiger partial charge in [-0.05, 0) is 25.5 Å². The second-order valence-electron chi connectivity index (χ2n) is 4.68. The van der Waals surface area contributed by atoms with Gasteiger partial charge < -0.3 is 5.32 Å². The Bertz CT molecular complexity index is 354. The van der Waals surface area contributed by atoms with E-state index in [9.17, 15) is 0 Å². The summed E-state index contributed by atoms with van der Waals surface area (Å²) in [5.74, 6) is 0. The van der Waals surface area contributed by atoms with Crippen LogP contribution in [-0.2, 0) is 6.54 Å². The van der Waals surface area contributed by atoms with E-state index in [0.29, 0.717) is 12.1 Å². The Morgan fingerprint density at radius 3 is 2.88 bits per heavy atom. The fourth-order valence-corrected chi connectivity index (χ4v) is 2.36. The van der Waals surface area contributed by atoms with Crippen LogP contribution < -0.4 is 5.32 Å². The van der Waals surface area contributed by atoms with Gasteiger partial charge in [-0.1, -0.05) is 29.8 Å². The van der Waals surface area contributed by atoms with Crippen LogP contribution in [0.2, 0.25) is 5.02 Å². The molecule has 3 heteroatoms. The van der Waals surface area contributed by atoms with E-state index in [2.05, 4.69) is 36.2 Å². The smallest absolute Gasteiger partial charge is 0.0451 e. The summed E-state index contributed by atoms with van der Waals surface area (Å²) in [6.45, 7) is 7.59. The summed E-state index contributed by atoms with van der Waals surface area (Å²) in [6, 6.07) is 9.26. The van der Waals surface area contributed by atoms with Gasteiger partial charge >= 0.3 is 0 Å². The monoisotopic (exact) mass is 238 g/mol. The van der Waals surface area contributed by atoms with Gasteiger partial charge in [-0.2, -0.15) is 0 Å². The highest BCUT2D eigenvalue weighted by molar-refractivity contribution is 6.31. The lowest BCUT2D eigenvalue weighted by atomic mass is 10.1. The molecule has 2 nitrogen and oxygen atoms in total. The number of nitrogens with zero attached hydrogens (tertiary/aromatic N) is 1. The van der Waals surface area contributed by atoms with Crippen molar-refractivity contribution in [2.24, 2.45) is 0 Å². The van der Waals surface area contributed by atoms with Crippen molar-refractivity contribution in [2.45, 2.75) is 32.5 Å². The van der Waals surface area contributed by atoms with Gasteiger partial charge in [0, 0.05) is 36.7 Å². The molecular formula is C13H19ClN2. The highest BCUT2D eigenvalue weighted by atomic mass is 35.5. The predicted molar refractivity (Wildman–Crippen MR) is 68.8 cm³/mol. The van der Waals surface area contributed by atoms with Crippen molar-refractivity contribution in [3.8, 4) is 0 Å². The lowest BCUT2D eigenvalue weighted by molar-refractivity contribution is 0.139. The van der Waals surface area contributed by atoms with Crippen molar-refractivity contribution in [1.82, 2.24) is 10.2 Å². The maximum absolute atomic E-state index is 6.19. The predicted octanol–water partition coefficient (Wildman–Crippen LogP) is 2.52. The molecule has 1 fully saturated rings. The van der Waals surface area contributed by atoms with Crippen LogP contribution in [0.5, 0.6) is 0 Å². The summed E-state index contributed by atoms with van der Waals surface area (Å²) >= 11 is 6.19. The zero-order chi connectivity index (χ0) is 11.5. The number of hydrogen-bond donors (Lipinski definition) is 1. The minimum Gasteiger partial charge on any atom is -0.311 e. The van der Waals surface area contributed by atoms with Crippen molar-refractivity contribution in [3.63, 3.8) is 0 Å². The van der Waals surface area contributed by atoms with Gasteiger partial charge in [0.15, 0.2) is 0 Å². The molecule has 1 saturated heterocycles. The van der Waals surface area contributed by atoms with Gasteiger partial charge in [-0.25, -0.2) is 0 Å². The summed E-state index contributed by atoms with van der Waals surface area (Å²) in [6.07, 6.45) is 0. The van der Waals surface area contributed by atoms with E-state index < -0.39 is 0 Å². The van der Waals surface area contributed by atoms with Crippen molar-refractivity contribution in [1.29, 1.82) is 0 Å². The molecule has 1 heterocycles. The van der Waals surface area contributed by atoms with Crippen LogP contribution in [0.25, 0.3) is 0 Å². The second-order valence-corrected chi connectivity index (χ2v) is 5.09. The van der Waals surface area contributed by atoms with Gasteiger partial charge in [-0.15, -0.1) is 0 Å². The molecular weight excluding hydrogens is 220 g/mol. The van der Waals surface area contributed by atoms with Crippen LogP contribution in [0.1, 0.15) is 19.4 Å². The third-order valence-corrected chi connectivity index (χ3v) is 3.59. The quantitative estimate of drug-likeness (QED) is 0.852.